The number of amides is 1. The van der Waals surface area contributed by atoms with Gasteiger partial charge < -0.3 is 10.5 Å². The van der Waals surface area contributed by atoms with Crippen LogP contribution in [-0.2, 0) is 4.79 Å². The van der Waals surface area contributed by atoms with E-state index in [1.165, 1.54) is 0 Å². The summed E-state index contributed by atoms with van der Waals surface area (Å²) in [6.45, 7) is 3.58. The van der Waals surface area contributed by atoms with Crippen molar-refractivity contribution in [2.24, 2.45) is 0 Å². The van der Waals surface area contributed by atoms with Crippen LogP contribution in [-0.4, -0.2) is 28.9 Å². The van der Waals surface area contributed by atoms with E-state index in [-0.39, 0.29) is 18.0 Å². The Bertz CT molecular complexity index is 188. The van der Waals surface area contributed by atoms with E-state index in [1.807, 2.05) is 0 Å². The summed E-state index contributed by atoms with van der Waals surface area (Å²) in [6.07, 6.45) is 1.03. The first-order chi connectivity index (χ1) is 4.61. The Hall–Kier alpha value is -1.06. The zero-order chi connectivity index (χ0) is 7.72. The SMILES string of the molecule is CC1NC(=O)C=[N+]([O-])C1C. The van der Waals surface area contributed by atoms with Gasteiger partial charge in [-0.3, -0.25) is 4.79 Å². The minimum Gasteiger partial charge on any atom is -0.623 e. The van der Waals surface area contributed by atoms with Crippen LogP contribution >= 0.6 is 0 Å². The van der Waals surface area contributed by atoms with Crippen molar-refractivity contribution in [2.75, 3.05) is 0 Å². The molecule has 10 heavy (non-hydrogen) atoms. The molecule has 1 N–H and O–H groups in total. The number of carbonyl (C=O) groups excluding carboxylic acids is 1. The zero-order valence-electron chi connectivity index (χ0n) is 6.00. The summed E-state index contributed by atoms with van der Waals surface area (Å²) in [6, 6.07) is -0.215. The van der Waals surface area contributed by atoms with Crippen molar-refractivity contribution in [1.29, 1.82) is 0 Å². The molecule has 1 aliphatic rings. The van der Waals surface area contributed by atoms with Crippen molar-refractivity contribution in [1.82, 2.24) is 5.32 Å². The molecule has 0 aromatic carbocycles. The Morgan fingerprint density at radius 3 is 2.80 bits per heavy atom. The minimum absolute atomic E-state index is 0.0602. The Morgan fingerprint density at radius 2 is 2.30 bits per heavy atom. The molecule has 4 heteroatoms. The molecule has 0 radical (unpaired) electrons. The van der Waals surface area contributed by atoms with Gasteiger partial charge in [0.15, 0.2) is 6.04 Å². The molecule has 0 aromatic heterocycles. The highest BCUT2D eigenvalue weighted by atomic mass is 16.5. The molecule has 0 aliphatic carbocycles. The molecule has 2 atom stereocenters. The average molecular weight is 142 g/mol. The molecule has 1 amide bonds. The Morgan fingerprint density at radius 1 is 1.70 bits per heavy atom. The first-order valence-corrected chi connectivity index (χ1v) is 3.22. The summed E-state index contributed by atoms with van der Waals surface area (Å²) in [4.78, 5) is 10.6. The third-order valence-corrected chi connectivity index (χ3v) is 1.74. The van der Waals surface area contributed by atoms with Crippen LogP contribution in [0.15, 0.2) is 0 Å². The maximum Gasteiger partial charge on any atom is 0.309 e. The zero-order valence-corrected chi connectivity index (χ0v) is 6.00. The van der Waals surface area contributed by atoms with Gasteiger partial charge in [-0.05, 0) is 6.92 Å². The van der Waals surface area contributed by atoms with Gasteiger partial charge in [-0.25, -0.2) is 4.74 Å². The van der Waals surface area contributed by atoms with Crippen LogP contribution in [0.1, 0.15) is 13.8 Å². The van der Waals surface area contributed by atoms with Crippen LogP contribution in [0.2, 0.25) is 0 Å². The molecule has 56 valence electrons. The summed E-state index contributed by atoms with van der Waals surface area (Å²) in [5.74, 6) is -0.305. The Balaban J connectivity index is 2.80. The average Bonchev–Trinajstić information content (AvgIpc) is 1.82. The van der Waals surface area contributed by atoms with Crippen molar-refractivity contribution >= 4 is 12.1 Å². The van der Waals surface area contributed by atoms with E-state index >= 15 is 0 Å². The van der Waals surface area contributed by atoms with Gasteiger partial charge in [0.25, 0.3) is 0 Å². The molecule has 0 bridgehead atoms. The second kappa shape index (κ2) is 2.28. The maximum absolute atomic E-state index is 10.8. The fourth-order valence-corrected chi connectivity index (χ4v) is 0.836. The van der Waals surface area contributed by atoms with Gasteiger partial charge in [0.1, 0.15) is 0 Å². The molecular formula is C6H10N2O2. The maximum atomic E-state index is 10.8. The van der Waals surface area contributed by atoms with E-state index in [2.05, 4.69) is 5.32 Å². The molecule has 0 aromatic rings. The van der Waals surface area contributed by atoms with Crippen molar-refractivity contribution in [2.45, 2.75) is 25.9 Å². The van der Waals surface area contributed by atoms with Crippen LogP contribution in [0.3, 0.4) is 0 Å². The molecule has 0 saturated heterocycles. The molecule has 2 unspecified atom stereocenters. The van der Waals surface area contributed by atoms with E-state index in [9.17, 15) is 10.0 Å². The summed E-state index contributed by atoms with van der Waals surface area (Å²) in [7, 11) is 0. The van der Waals surface area contributed by atoms with Crippen LogP contribution < -0.4 is 5.32 Å². The van der Waals surface area contributed by atoms with Gasteiger partial charge in [0, 0.05) is 6.92 Å². The van der Waals surface area contributed by atoms with Crippen molar-refractivity contribution in [3.8, 4) is 0 Å². The van der Waals surface area contributed by atoms with Crippen molar-refractivity contribution < 1.29 is 9.53 Å². The largest absolute Gasteiger partial charge is 0.623 e. The van der Waals surface area contributed by atoms with Crippen LogP contribution in [0.4, 0.5) is 0 Å². The monoisotopic (exact) mass is 142 g/mol. The molecular weight excluding hydrogens is 132 g/mol. The lowest BCUT2D eigenvalue weighted by Crippen LogP contribution is -2.50. The number of rotatable bonds is 0. The van der Waals surface area contributed by atoms with Gasteiger partial charge in [-0.1, -0.05) is 0 Å². The lowest BCUT2D eigenvalue weighted by molar-refractivity contribution is -0.498. The summed E-state index contributed by atoms with van der Waals surface area (Å²) < 4.78 is 0.684. The number of nitrogens with zero attached hydrogens (tertiary/aromatic N) is 1. The quantitative estimate of drug-likeness (QED) is 0.365. The minimum atomic E-state index is -0.305. The smallest absolute Gasteiger partial charge is 0.309 e. The molecule has 0 saturated carbocycles. The normalized spacial score (nSPS) is 33.0. The molecule has 0 fully saturated rings. The second-order valence-corrected chi connectivity index (χ2v) is 2.53. The summed E-state index contributed by atoms with van der Waals surface area (Å²) in [5, 5.41) is 13.4. The topological polar surface area (TPSA) is 55.2 Å². The van der Waals surface area contributed by atoms with Crippen molar-refractivity contribution in [3.05, 3.63) is 5.21 Å². The standard InChI is InChI=1S/C6H10N2O2/c1-4-5(2)8(10)3-6(9)7-4/h3-5H,1-2H3,(H,7,9). The van der Waals surface area contributed by atoms with Gasteiger partial charge in [0.05, 0.1) is 6.04 Å². The highest BCUT2D eigenvalue weighted by Gasteiger charge is 2.25. The summed E-state index contributed by atoms with van der Waals surface area (Å²) >= 11 is 0. The number of hydroxylamine groups is 1. The fourth-order valence-electron chi connectivity index (χ4n) is 0.836. The second-order valence-electron chi connectivity index (χ2n) is 2.53. The van der Waals surface area contributed by atoms with Gasteiger partial charge in [-0.2, -0.15) is 0 Å². The number of hydrogen-bond acceptors (Lipinski definition) is 2. The third-order valence-electron chi connectivity index (χ3n) is 1.74. The van der Waals surface area contributed by atoms with E-state index in [0.29, 0.717) is 4.74 Å². The highest BCUT2D eigenvalue weighted by Crippen LogP contribution is 1.99. The van der Waals surface area contributed by atoms with Crippen molar-refractivity contribution in [3.63, 3.8) is 0 Å². The predicted molar refractivity (Wildman–Crippen MR) is 36.8 cm³/mol. The molecule has 1 aliphatic heterocycles. The Kier molecular flexibility index (Phi) is 1.61. The number of nitrogens with one attached hydrogen (secondary N) is 1. The van der Waals surface area contributed by atoms with Crippen LogP contribution in [0.25, 0.3) is 0 Å². The van der Waals surface area contributed by atoms with Gasteiger partial charge >= 0.3 is 5.91 Å². The van der Waals surface area contributed by atoms with E-state index in [1.54, 1.807) is 13.8 Å². The lowest BCUT2D eigenvalue weighted by Gasteiger charge is -2.23. The Labute approximate surface area is 59.1 Å². The van der Waals surface area contributed by atoms with E-state index in [4.69, 9.17) is 0 Å². The third kappa shape index (κ3) is 1.10. The molecule has 1 heterocycles. The predicted octanol–water partition coefficient (Wildman–Crippen LogP) is -0.526. The first kappa shape index (κ1) is 7.05. The molecule has 1 rings (SSSR count). The number of hydrogen-bond donors (Lipinski definition) is 1. The highest BCUT2D eigenvalue weighted by molar-refractivity contribution is 6.24. The van der Waals surface area contributed by atoms with E-state index < -0.39 is 0 Å². The van der Waals surface area contributed by atoms with Crippen LogP contribution in [0, 0.1) is 5.21 Å². The molecule has 0 spiro atoms. The first-order valence-electron chi connectivity index (χ1n) is 3.22. The molecule has 4 nitrogen and oxygen atoms in total. The fraction of sp³-hybridized carbons (Fsp3) is 0.667. The van der Waals surface area contributed by atoms with Crippen LogP contribution in [0.5, 0.6) is 0 Å². The summed E-state index contributed by atoms with van der Waals surface area (Å²) in [5.41, 5.74) is 0. The van der Waals surface area contributed by atoms with E-state index in [0.717, 1.165) is 6.21 Å². The van der Waals surface area contributed by atoms with Gasteiger partial charge in [0.2, 0.25) is 6.21 Å². The van der Waals surface area contributed by atoms with Gasteiger partial charge in [-0.15, -0.1) is 0 Å². The lowest BCUT2D eigenvalue weighted by atomic mass is 10.1. The number of carbonyl (C=O) groups is 1.